The standard InChI is InChI=1S/C12H24N2S/c1-3-14(10(2)9-12(13)15)11-7-5-4-6-8-11/h10-11H,3-9H2,1-2H3,(H2,13,15). The molecule has 88 valence electrons. The van der Waals surface area contributed by atoms with Crippen molar-refractivity contribution < 1.29 is 0 Å². The molecule has 2 nitrogen and oxygen atoms in total. The first-order valence-corrected chi connectivity index (χ1v) is 6.60. The summed E-state index contributed by atoms with van der Waals surface area (Å²) in [6.45, 7) is 5.61. The summed E-state index contributed by atoms with van der Waals surface area (Å²) in [6, 6.07) is 1.28. The average molecular weight is 228 g/mol. The highest BCUT2D eigenvalue weighted by atomic mass is 32.1. The number of rotatable bonds is 5. The number of nitrogens with two attached hydrogens (primary N) is 1. The van der Waals surface area contributed by atoms with Gasteiger partial charge in [0.25, 0.3) is 0 Å². The van der Waals surface area contributed by atoms with Crippen LogP contribution in [0.1, 0.15) is 52.4 Å². The molecule has 0 aromatic carbocycles. The van der Waals surface area contributed by atoms with Crippen LogP contribution in [0.25, 0.3) is 0 Å². The van der Waals surface area contributed by atoms with Crippen molar-refractivity contribution in [2.24, 2.45) is 5.73 Å². The number of hydrogen-bond acceptors (Lipinski definition) is 2. The maximum absolute atomic E-state index is 5.62. The SMILES string of the molecule is CCN(C(C)CC(N)=S)C1CCCCC1. The Morgan fingerprint density at radius 3 is 2.47 bits per heavy atom. The van der Waals surface area contributed by atoms with Crippen LogP contribution in [0.4, 0.5) is 0 Å². The fraction of sp³-hybridized carbons (Fsp3) is 0.917. The van der Waals surface area contributed by atoms with Crippen LogP contribution in [0.5, 0.6) is 0 Å². The predicted octanol–water partition coefficient (Wildman–Crippen LogP) is 2.71. The molecule has 0 bridgehead atoms. The van der Waals surface area contributed by atoms with Gasteiger partial charge in [0.1, 0.15) is 0 Å². The summed E-state index contributed by atoms with van der Waals surface area (Å²) in [7, 11) is 0. The van der Waals surface area contributed by atoms with Gasteiger partial charge in [-0.2, -0.15) is 0 Å². The van der Waals surface area contributed by atoms with E-state index in [1.807, 2.05) is 0 Å². The largest absolute Gasteiger partial charge is 0.393 e. The summed E-state index contributed by atoms with van der Waals surface area (Å²) in [5.74, 6) is 0. The molecule has 0 saturated heterocycles. The highest BCUT2D eigenvalue weighted by Crippen LogP contribution is 2.24. The van der Waals surface area contributed by atoms with E-state index in [2.05, 4.69) is 18.7 Å². The van der Waals surface area contributed by atoms with Crippen LogP contribution in [-0.4, -0.2) is 28.5 Å². The number of nitrogens with zero attached hydrogens (tertiary/aromatic N) is 1. The smallest absolute Gasteiger partial charge is 0.0742 e. The monoisotopic (exact) mass is 228 g/mol. The summed E-state index contributed by atoms with van der Waals surface area (Å²) >= 11 is 4.99. The molecule has 3 heteroatoms. The summed E-state index contributed by atoms with van der Waals surface area (Å²) in [4.78, 5) is 3.23. The molecular weight excluding hydrogens is 204 g/mol. The van der Waals surface area contributed by atoms with Gasteiger partial charge in [-0.3, -0.25) is 4.90 Å². The van der Waals surface area contributed by atoms with Gasteiger partial charge in [-0.15, -0.1) is 0 Å². The maximum Gasteiger partial charge on any atom is 0.0742 e. The van der Waals surface area contributed by atoms with E-state index in [4.69, 9.17) is 18.0 Å². The molecule has 0 aliphatic heterocycles. The molecule has 0 spiro atoms. The highest BCUT2D eigenvalue weighted by molar-refractivity contribution is 7.80. The van der Waals surface area contributed by atoms with E-state index in [1.54, 1.807) is 0 Å². The Bertz CT molecular complexity index is 200. The Kier molecular flexibility index (Phi) is 5.54. The molecule has 2 N–H and O–H groups in total. The average Bonchev–Trinajstić information content (AvgIpc) is 2.19. The third-order valence-corrected chi connectivity index (χ3v) is 3.64. The summed E-state index contributed by atoms with van der Waals surface area (Å²) < 4.78 is 0. The molecule has 1 aliphatic rings. The summed E-state index contributed by atoms with van der Waals surface area (Å²) in [6.07, 6.45) is 7.77. The number of hydrogen-bond donors (Lipinski definition) is 1. The van der Waals surface area contributed by atoms with Gasteiger partial charge in [0.2, 0.25) is 0 Å². The van der Waals surface area contributed by atoms with Crippen molar-refractivity contribution in [2.75, 3.05) is 6.54 Å². The van der Waals surface area contributed by atoms with Crippen LogP contribution in [0.3, 0.4) is 0 Å². The minimum Gasteiger partial charge on any atom is -0.393 e. The molecule has 15 heavy (non-hydrogen) atoms. The summed E-state index contributed by atoms with van der Waals surface area (Å²) in [5.41, 5.74) is 5.62. The quantitative estimate of drug-likeness (QED) is 0.734. The lowest BCUT2D eigenvalue weighted by Crippen LogP contribution is -2.44. The zero-order chi connectivity index (χ0) is 11.3. The van der Waals surface area contributed by atoms with E-state index in [-0.39, 0.29) is 0 Å². The van der Waals surface area contributed by atoms with Gasteiger partial charge in [0.15, 0.2) is 0 Å². The Labute approximate surface area is 99.2 Å². The highest BCUT2D eigenvalue weighted by Gasteiger charge is 2.23. The molecule has 0 aromatic heterocycles. The second-order valence-electron chi connectivity index (χ2n) is 4.64. The molecule has 1 unspecified atom stereocenters. The molecule has 0 radical (unpaired) electrons. The van der Waals surface area contributed by atoms with Crippen molar-refractivity contribution >= 4 is 17.2 Å². The fourth-order valence-corrected chi connectivity index (χ4v) is 2.99. The van der Waals surface area contributed by atoms with Gasteiger partial charge in [0, 0.05) is 18.5 Å². The molecule has 1 aliphatic carbocycles. The minimum absolute atomic E-state index is 0.510. The first kappa shape index (κ1) is 12.9. The van der Waals surface area contributed by atoms with Crippen molar-refractivity contribution in [3.63, 3.8) is 0 Å². The van der Waals surface area contributed by atoms with Crippen molar-refractivity contribution in [2.45, 2.75) is 64.5 Å². The second kappa shape index (κ2) is 6.44. The molecule has 0 amide bonds. The van der Waals surface area contributed by atoms with E-state index in [0.29, 0.717) is 11.0 Å². The lowest BCUT2D eigenvalue weighted by Gasteiger charge is -2.37. The van der Waals surface area contributed by atoms with E-state index >= 15 is 0 Å². The first-order chi connectivity index (χ1) is 7.15. The lowest BCUT2D eigenvalue weighted by atomic mass is 9.93. The van der Waals surface area contributed by atoms with E-state index < -0.39 is 0 Å². The van der Waals surface area contributed by atoms with Crippen LogP contribution in [0.2, 0.25) is 0 Å². The van der Waals surface area contributed by atoms with Crippen LogP contribution in [0.15, 0.2) is 0 Å². The van der Waals surface area contributed by atoms with Crippen LogP contribution >= 0.6 is 12.2 Å². The normalized spacial score (nSPS) is 20.5. The third kappa shape index (κ3) is 4.07. The topological polar surface area (TPSA) is 29.3 Å². The van der Waals surface area contributed by atoms with E-state index in [9.17, 15) is 0 Å². The van der Waals surface area contributed by atoms with Gasteiger partial charge in [-0.1, -0.05) is 38.4 Å². The van der Waals surface area contributed by atoms with Crippen LogP contribution < -0.4 is 5.73 Å². The van der Waals surface area contributed by atoms with Gasteiger partial charge in [-0.05, 0) is 26.3 Å². The van der Waals surface area contributed by atoms with Crippen molar-refractivity contribution in [1.29, 1.82) is 0 Å². The van der Waals surface area contributed by atoms with Gasteiger partial charge in [0.05, 0.1) is 4.99 Å². The van der Waals surface area contributed by atoms with Crippen molar-refractivity contribution in [1.82, 2.24) is 4.90 Å². The molecule has 0 heterocycles. The summed E-state index contributed by atoms with van der Waals surface area (Å²) in [5, 5.41) is 0. The Morgan fingerprint density at radius 1 is 1.40 bits per heavy atom. The molecule has 0 aromatic rings. The Hall–Kier alpha value is -0.150. The second-order valence-corrected chi connectivity index (χ2v) is 5.17. The molecular formula is C12H24N2S. The van der Waals surface area contributed by atoms with Crippen LogP contribution in [-0.2, 0) is 0 Å². The van der Waals surface area contributed by atoms with Crippen molar-refractivity contribution in [3.8, 4) is 0 Å². The van der Waals surface area contributed by atoms with E-state index in [1.165, 1.54) is 32.1 Å². The van der Waals surface area contributed by atoms with Crippen LogP contribution in [0, 0.1) is 0 Å². The van der Waals surface area contributed by atoms with Gasteiger partial charge in [-0.25, -0.2) is 0 Å². The first-order valence-electron chi connectivity index (χ1n) is 6.19. The lowest BCUT2D eigenvalue weighted by molar-refractivity contribution is 0.122. The third-order valence-electron chi connectivity index (χ3n) is 3.47. The van der Waals surface area contributed by atoms with Crippen molar-refractivity contribution in [3.05, 3.63) is 0 Å². The fourth-order valence-electron chi connectivity index (χ4n) is 2.75. The minimum atomic E-state index is 0.510. The Morgan fingerprint density at radius 2 is 2.00 bits per heavy atom. The predicted molar refractivity (Wildman–Crippen MR) is 70.1 cm³/mol. The molecule has 1 saturated carbocycles. The zero-order valence-corrected chi connectivity index (χ0v) is 10.9. The molecule has 1 rings (SSSR count). The van der Waals surface area contributed by atoms with Gasteiger partial charge < -0.3 is 5.73 Å². The van der Waals surface area contributed by atoms with Gasteiger partial charge >= 0.3 is 0 Å². The molecule has 1 atom stereocenters. The van der Waals surface area contributed by atoms with E-state index in [0.717, 1.165) is 19.0 Å². The number of thiocarbonyl (C=S) groups is 1. The maximum atomic E-state index is 5.62. The molecule has 1 fully saturated rings. The Balaban J connectivity index is 2.48. The zero-order valence-electron chi connectivity index (χ0n) is 10.0.